The Balaban J connectivity index is 1.46. The van der Waals surface area contributed by atoms with Crippen molar-refractivity contribution in [1.29, 1.82) is 0 Å². The van der Waals surface area contributed by atoms with Crippen molar-refractivity contribution in [1.82, 2.24) is 10.6 Å². The third-order valence-electron chi connectivity index (χ3n) is 4.94. The number of carbonyl (C=O) groups excluding carboxylic acids is 2. The molecule has 1 aliphatic carbocycles. The fourth-order valence-electron chi connectivity index (χ4n) is 3.34. The van der Waals surface area contributed by atoms with Crippen LogP contribution in [0.3, 0.4) is 0 Å². The summed E-state index contributed by atoms with van der Waals surface area (Å²) in [4.78, 5) is 24.6. The van der Waals surface area contributed by atoms with Crippen LogP contribution in [0.25, 0.3) is 0 Å². The van der Waals surface area contributed by atoms with Gasteiger partial charge in [-0.25, -0.2) is 0 Å². The predicted molar refractivity (Wildman–Crippen MR) is 114 cm³/mol. The van der Waals surface area contributed by atoms with E-state index < -0.39 is 0 Å². The number of ether oxygens (including phenoxy) is 1. The van der Waals surface area contributed by atoms with Crippen LogP contribution in [0.2, 0.25) is 0 Å². The lowest BCUT2D eigenvalue weighted by atomic mass is 9.97. The normalized spacial score (nSPS) is 13.3. The second kappa shape index (κ2) is 11.1. The molecule has 29 heavy (non-hydrogen) atoms. The van der Waals surface area contributed by atoms with Crippen molar-refractivity contribution >= 4 is 11.8 Å². The fourth-order valence-corrected chi connectivity index (χ4v) is 3.34. The molecule has 2 amide bonds. The molecule has 0 aromatic heterocycles. The van der Waals surface area contributed by atoms with Crippen molar-refractivity contribution in [2.75, 3.05) is 13.2 Å². The second-order valence-electron chi connectivity index (χ2n) is 7.16. The minimum Gasteiger partial charge on any atom is -0.483 e. The highest BCUT2D eigenvalue weighted by atomic mass is 16.5. The average molecular weight is 392 g/mol. The van der Waals surface area contributed by atoms with Crippen LogP contribution in [0.1, 0.15) is 48.0 Å². The van der Waals surface area contributed by atoms with Crippen molar-refractivity contribution in [3.8, 4) is 5.75 Å². The molecule has 0 atom stereocenters. The molecule has 2 aromatic carbocycles. The minimum absolute atomic E-state index is 0.109. The first kappa shape index (κ1) is 20.6. The van der Waals surface area contributed by atoms with E-state index in [4.69, 9.17) is 4.74 Å². The summed E-state index contributed by atoms with van der Waals surface area (Å²) in [5.74, 6) is -0.00166. The molecule has 0 heterocycles. The largest absolute Gasteiger partial charge is 0.483 e. The fraction of sp³-hybridized carbons (Fsp3) is 0.333. The van der Waals surface area contributed by atoms with Crippen molar-refractivity contribution < 1.29 is 14.3 Å². The van der Waals surface area contributed by atoms with Crippen LogP contribution < -0.4 is 15.4 Å². The van der Waals surface area contributed by atoms with E-state index in [2.05, 4.69) is 16.7 Å². The first-order valence-electron chi connectivity index (χ1n) is 10.2. The molecule has 1 aliphatic rings. The number of amides is 2. The summed E-state index contributed by atoms with van der Waals surface area (Å²) in [5, 5.41) is 5.78. The van der Waals surface area contributed by atoms with Gasteiger partial charge in [-0.15, -0.1) is 0 Å². The Morgan fingerprint density at radius 2 is 1.72 bits per heavy atom. The van der Waals surface area contributed by atoms with E-state index in [1.165, 1.54) is 18.4 Å². The Kier molecular flexibility index (Phi) is 7.87. The van der Waals surface area contributed by atoms with Gasteiger partial charge in [0, 0.05) is 13.1 Å². The molecule has 0 unspecified atom stereocenters. The zero-order valence-electron chi connectivity index (χ0n) is 16.7. The maximum atomic E-state index is 12.5. The van der Waals surface area contributed by atoms with Gasteiger partial charge in [0.2, 0.25) is 0 Å². The number of para-hydroxylation sites is 1. The van der Waals surface area contributed by atoms with E-state index in [0.29, 0.717) is 24.4 Å². The van der Waals surface area contributed by atoms with Gasteiger partial charge in [0.15, 0.2) is 6.61 Å². The maximum Gasteiger partial charge on any atom is 0.257 e. The van der Waals surface area contributed by atoms with Crippen molar-refractivity contribution in [3.05, 3.63) is 77.4 Å². The molecule has 2 N–H and O–H groups in total. The molecule has 0 fully saturated rings. The lowest BCUT2D eigenvalue weighted by Gasteiger charge is -2.14. The maximum absolute atomic E-state index is 12.5. The predicted octanol–water partition coefficient (Wildman–Crippen LogP) is 4.00. The van der Waals surface area contributed by atoms with Crippen LogP contribution in [0.15, 0.2) is 66.2 Å². The quantitative estimate of drug-likeness (QED) is 0.634. The standard InChI is InChI=1S/C24H28N2O3/c27-23(25-16-15-19-9-3-1-4-10-19)18-29-22-14-8-7-13-21(22)24(28)26-17-20-11-5-2-6-12-20/h2,5-9,11-14H,1,3-4,10,15-18H2,(H,25,27)(H,26,28). The molecule has 0 bridgehead atoms. The number of carbonyl (C=O) groups is 2. The first-order chi connectivity index (χ1) is 14.2. The van der Waals surface area contributed by atoms with Gasteiger partial charge in [-0.1, -0.05) is 54.1 Å². The molecule has 152 valence electrons. The van der Waals surface area contributed by atoms with E-state index in [9.17, 15) is 9.59 Å². The van der Waals surface area contributed by atoms with Crippen LogP contribution >= 0.6 is 0 Å². The highest BCUT2D eigenvalue weighted by Crippen LogP contribution is 2.20. The molecule has 0 saturated carbocycles. The second-order valence-corrected chi connectivity index (χ2v) is 7.16. The Labute approximate surface area is 172 Å². The van der Waals surface area contributed by atoms with Gasteiger partial charge in [0.05, 0.1) is 5.56 Å². The Bertz CT molecular complexity index is 846. The lowest BCUT2D eigenvalue weighted by molar-refractivity contribution is -0.123. The third kappa shape index (κ3) is 6.79. The van der Waals surface area contributed by atoms with E-state index in [-0.39, 0.29) is 18.4 Å². The topological polar surface area (TPSA) is 67.4 Å². The Morgan fingerprint density at radius 3 is 2.52 bits per heavy atom. The molecular weight excluding hydrogens is 364 g/mol. The third-order valence-corrected chi connectivity index (χ3v) is 4.94. The van der Waals surface area contributed by atoms with Gasteiger partial charge >= 0.3 is 0 Å². The highest BCUT2D eigenvalue weighted by Gasteiger charge is 2.13. The highest BCUT2D eigenvalue weighted by molar-refractivity contribution is 5.97. The smallest absolute Gasteiger partial charge is 0.257 e. The SMILES string of the molecule is O=C(COc1ccccc1C(=O)NCc1ccccc1)NCCC1=CCCCC1. The molecule has 5 heteroatoms. The summed E-state index contributed by atoms with van der Waals surface area (Å²) in [6.07, 6.45) is 7.97. The van der Waals surface area contributed by atoms with Crippen molar-refractivity contribution in [2.45, 2.75) is 38.6 Å². The number of rotatable bonds is 9. The van der Waals surface area contributed by atoms with Gasteiger partial charge < -0.3 is 15.4 Å². The molecule has 0 saturated heterocycles. The first-order valence-corrected chi connectivity index (χ1v) is 10.2. The molecule has 0 aliphatic heterocycles. The summed E-state index contributed by atoms with van der Waals surface area (Å²) in [7, 11) is 0. The van der Waals surface area contributed by atoms with Gasteiger partial charge in [-0.2, -0.15) is 0 Å². The number of benzene rings is 2. The van der Waals surface area contributed by atoms with Gasteiger partial charge in [0.25, 0.3) is 11.8 Å². The summed E-state index contributed by atoms with van der Waals surface area (Å²) in [6.45, 7) is 0.944. The van der Waals surface area contributed by atoms with Crippen LogP contribution in [0.4, 0.5) is 0 Å². The van der Waals surface area contributed by atoms with Crippen molar-refractivity contribution in [3.63, 3.8) is 0 Å². The van der Waals surface area contributed by atoms with Crippen molar-refractivity contribution in [2.24, 2.45) is 0 Å². The molecule has 3 rings (SSSR count). The van der Waals surface area contributed by atoms with Crippen LogP contribution in [-0.4, -0.2) is 25.0 Å². The zero-order valence-corrected chi connectivity index (χ0v) is 16.7. The summed E-state index contributed by atoms with van der Waals surface area (Å²) < 4.78 is 5.63. The summed E-state index contributed by atoms with van der Waals surface area (Å²) in [5.41, 5.74) is 2.87. The summed E-state index contributed by atoms with van der Waals surface area (Å²) >= 11 is 0. The van der Waals surface area contributed by atoms with Crippen LogP contribution in [0.5, 0.6) is 5.75 Å². The van der Waals surface area contributed by atoms with E-state index in [1.54, 1.807) is 24.3 Å². The average Bonchev–Trinajstić information content (AvgIpc) is 2.78. The monoisotopic (exact) mass is 392 g/mol. The van der Waals surface area contributed by atoms with Crippen LogP contribution in [0, 0.1) is 0 Å². The van der Waals surface area contributed by atoms with E-state index in [1.807, 2.05) is 30.3 Å². The number of allylic oxidation sites excluding steroid dienone is 1. The zero-order chi connectivity index (χ0) is 20.3. The summed E-state index contributed by atoms with van der Waals surface area (Å²) in [6, 6.07) is 16.7. The number of nitrogens with one attached hydrogen (secondary N) is 2. The van der Waals surface area contributed by atoms with E-state index in [0.717, 1.165) is 24.8 Å². The van der Waals surface area contributed by atoms with Gasteiger partial charge in [0.1, 0.15) is 5.75 Å². The molecular formula is C24H28N2O3. The number of hydrogen-bond acceptors (Lipinski definition) is 3. The Morgan fingerprint density at radius 1 is 0.931 bits per heavy atom. The molecule has 2 aromatic rings. The Hall–Kier alpha value is -3.08. The molecule has 0 spiro atoms. The minimum atomic E-state index is -0.228. The molecule has 5 nitrogen and oxygen atoms in total. The van der Waals surface area contributed by atoms with Gasteiger partial charge in [-0.3, -0.25) is 9.59 Å². The van der Waals surface area contributed by atoms with Crippen LogP contribution in [-0.2, 0) is 11.3 Å². The molecule has 0 radical (unpaired) electrons. The van der Waals surface area contributed by atoms with E-state index >= 15 is 0 Å². The van der Waals surface area contributed by atoms with Gasteiger partial charge in [-0.05, 0) is 49.8 Å². The lowest BCUT2D eigenvalue weighted by Crippen LogP contribution is -2.30. The number of hydrogen-bond donors (Lipinski definition) is 2.